The first-order valence-corrected chi connectivity index (χ1v) is 11.7. The molecular formula is C30H19FN6O2. The van der Waals surface area contributed by atoms with Crippen LogP contribution in [0.15, 0.2) is 98.1 Å². The number of nitrogens with zero attached hydrogens (tertiary/aromatic N) is 4. The Morgan fingerprint density at radius 3 is 2.62 bits per heavy atom. The smallest absolute Gasteiger partial charge is 0.259 e. The first kappa shape index (κ1) is 24.9. The zero-order chi connectivity index (χ0) is 27.4. The van der Waals surface area contributed by atoms with E-state index in [0.717, 1.165) is 16.5 Å². The minimum Gasteiger partial charge on any atom is -0.323 e. The summed E-state index contributed by atoms with van der Waals surface area (Å²) in [6.45, 7) is 3.48. The monoisotopic (exact) mass is 514 g/mol. The van der Waals surface area contributed by atoms with Crippen LogP contribution in [0.25, 0.3) is 33.2 Å². The van der Waals surface area contributed by atoms with Crippen LogP contribution in [0, 0.1) is 17.1 Å². The molecule has 5 rings (SSSR count). The maximum absolute atomic E-state index is 15.2. The number of benzene rings is 3. The van der Waals surface area contributed by atoms with Gasteiger partial charge in [0.05, 0.1) is 22.7 Å². The number of hydrogen-bond acceptors (Lipinski definition) is 6. The molecule has 39 heavy (non-hydrogen) atoms. The first-order valence-electron chi connectivity index (χ1n) is 11.7. The van der Waals surface area contributed by atoms with E-state index < -0.39 is 11.7 Å². The summed E-state index contributed by atoms with van der Waals surface area (Å²) in [6, 6.07) is 20.2. The molecule has 0 radical (unpaired) electrons. The van der Waals surface area contributed by atoms with Gasteiger partial charge in [-0.05, 0) is 71.3 Å². The Hall–Kier alpha value is -5.75. The number of anilines is 2. The summed E-state index contributed by atoms with van der Waals surface area (Å²) >= 11 is 0. The highest BCUT2D eigenvalue weighted by Gasteiger charge is 2.16. The van der Waals surface area contributed by atoms with Crippen LogP contribution in [-0.2, 0) is 4.79 Å². The Kier molecular flexibility index (Phi) is 6.84. The SMILES string of the molecule is C=CC(=O)Nc1cccc(-c2cc(-c3ccc(C(=O)Nc4cc(C#N)ccn4)c(F)c3)cc3cncnc23)c1. The van der Waals surface area contributed by atoms with Gasteiger partial charge in [-0.3, -0.25) is 9.59 Å². The molecule has 9 heteroatoms. The summed E-state index contributed by atoms with van der Waals surface area (Å²) in [5.41, 5.74) is 4.18. The van der Waals surface area contributed by atoms with Gasteiger partial charge in [-0.15, -0.1) is 0 Å². The fourth-order valence-electron chi connectivity index (χ4n) is 4.08. The molecule has 0 spiro atoms. The van der Waals surface area contributed by atoms with E-state index in [1.807, 2.05) is 36.4 Å². The van der Waals surface area contributed by atoms with Crippen LogP contribution in [0.1, 0.15) is 15.9 Å². The van der Waals surface area contributed by atoms with Gasteiger partial charge in [-0.2, -0.15) is 5.26 Å². The lowest BCUT2D eigenvalue weighted by Gasteiger charge is -2.12. The molecule has 2 amide bonds. The first-order chi connectivity index (χ1) is 18.9. The predicted octanol–water partition coefficient (Wildman–Crippen LogP) is 5.75. The number of carbonyl (C=O) groups excluding carboxylic acids is 2. The quantitative estimate of drug-likeness (QED) is 0.279. The van der Waals surface area contributed by atoms with Crippen LogP contribution in [0.4, 0.5) is 15.9 Å². The standard InChI is InChI=1S/C30H19FN6O2/c1-2-28(38)36-23-5-3-4-20(12-23)25-13-21(11-22-16-33-17-35-29(22)25)19-6-7-24(26(31)14-19)30(39)37-27-10-18(15-32)8-9-34-27/h2-14,16-17H,1H2,(H,36,38)(H,34,37,39). The van der Waals surface area contributed by atoms with Crippen LogP contribution < -0.4 is 10.6 Å². The Labute approximate surface area is 222 Å². The average Bonchev–Trinajstić information content (AvgIpc) is 2.96. The number of fused-ring (bicyclic) bond motifs is 1. The minimum atomic E-state index is -0.721. The van der Waals surface area contributed by atoms with Crippen LogP contribution in [-0.4, -0.2) is 26.8 Å². The molecular weight excluding hydrogens is 495 g/mol. The molecule has 8 nitrogen and oxygen atoms in total. The molecule has 0 bridgehead atoms. The van der Waals surface area contributed by atoms with Gasteiger partial charge in [0, 0.05) is 29.0 Å². The van der Waals surface area contributed by atoms with E-state index in [1.54, 1.807) is 18.3 Å². The number of nitriles is 1. The summed E-state index contributed by atoms with van der Waals surface area (Å²) in [6.07, 6.45) is 5.69. The summed E-state index contributed by atoms with van der Waals surface area (Å²) in [7, 11) is 0. The van der Waals surface area contributed by atoms with Gasteiger partial charge in [0.25, 0.3) is 5.91 Å². The van der Waals surface area contributed by atoms with Crippen molar-refractivity contribution in [3.8, 4) is 28.3 Å². The van der Waals surface area contributed by atoms with E-state index in [-0.39, 0.29) is 17.3 Å². The predicted molar refractivity (Wildman–Crippen MR) is 146 cm³/mol. The van der Waals surface area contributed by atoms with Crippen molar-refractivity contribution in [1.82, 2.24) is 15.0 Å². The number of pyridine rings is 1. The van der Waals surface area contributed by atoms with Crippen molar-refractivity contribution >= 4 is 34.2 Å². The van der Waals surface area contributed by atoms with Crippen molar-refractivity contribution in [2.24, 2.45) is 0 Å². The van der Waals surface area contributed by atoms with Crippen LogP contribution in [0.5, 0.6) is 0 Å². The van der Waals surface area contributed by atoms with Gasteiger partial charge in [0.15, 0.2) is 0 Å². The zero-order valence-corrected chi connectivity index (χ0v) is 20.4. The second-order valence-corrected chi connectivity index (χ2v) is 8.45. The molecule has 0 aliphatic heterocycles. The molecule has 3 aromatic carbocycles. The molecule has 0 aliphatic rings. The van der Waals surface area contributed by atoms with Crippen LogP contribution in [0.2, 0.25) is 0 Å². The van der Waals surface area contributed by atoms with E-state index in [9.17, 15) is 9.59 Å². The molecule has 0 aliphatic carbocycles. The number of rotatable bonds is 6. The van der Waals surface area contributed by atoms with Crippen molar-refractivity contribution in [3.05, 3.63) is 115 Å². The Morgan fingerprint density at radius 1 is 0.949 bits per heavy atom. The van der Waals surface area contributed by atoms with Crippen molar-refractivity contribution in [1.29, 1.82) is 5.26 Å². The normalized spacial score (nSPS) is 10.5. The van der Waals surface area contributed by atoms with E-state index in [0.29, 0.717) is 27.9 Å². The topological polar surface area (TPSA) is 121 Å². The molecule has 5 aromatic rings. The third kappa shape index (κ3) is 5.35. The number of carbonyl (C=O) groups is 2. The van der Waals surface area contributed by atoms with Crippen molar-refractivity contribution in [3.63, 3.8) is 0 Å². The Morgan fingerprint density at radius 2 is 1.82 bits per heavy atom. The van der Waals surface area contributed by atoms with Gasteiger partial charge < -0.3 is 10.6 Å². The van der Waals surface area contributed by atoms with Gasteiger partial charge in [-0.25, -0.2) is 19.3 Å². The Bertz CT molecular complexity index is 1810. The third-order valence-electron chi connectivity index (χ3n) is 5.91. The molecule has 2 N–H and O–H groups in total. The maximum atomic E-state index is 15.2. The van der Waals surface area contributed by atoms with Gasteiger partial charge in [-0.1, -0.05) is 24.8 Å². The molecule has 188 valence electrons. The number of amides is 2. The molecule has 0 fully saturated rings. The van der Waals surface area contributed by atoms with E-state index in [1.165, 1.54) is 42.9 Å². The number of hydrogen-bond donors (Lipinski definition) is 2. The van der Waals surface area contributed by atoms with Crippen LogP contribution in [0.3, 0.4) is 0 Å². The molecule has 0 saturated carbocycles. The number of halogens is 1. The van der Waals surface area contributed by atoms with Crippen molar-refractivity contribution < 1.29 is 14.0 Å². The second kappa shape index (κ2) is 10.7. The lowest BCUT2D eigenvalue weighted by atomic mass is 9.95. The fourth-order valence-corrected chi connectivity index (χ4v) is 4.08. The zero-order valence-electron chi connectivity index (χ0n) is 20.4. The highest BCUT2D eigenvalue weighted by atomic mass is 19.1. The van der Waals surface area contributed by atoms with Gasteiger partial charge in [0.2, 0.25) is 5.91 Å². The van der Waals surface area contributed by atoms with E-state index >= 15 is 4.39 Å². The van der Waals surface area contributed by atoms with E-state index in [4.69, 9.17) is 5.26 Å². The fraction of sp³-hybridized carbons (Fsp3) is 0. The number of aromatic nitrogens is 3. The van der Waals surface area contributed by atoms with Crippen molar-refractivity contribution in [2.45, 2.75) is 0 Å². The summed E-state index contributed by atoms with van der Waals surface area (Å²) in [4.78, 5) is 37.0. The molecule has 0 saturated heterocycles. The third-order valence-corrected chi connectivity index (χ3v) is 5.91. The lowest BCUT2D eigenvalue weighted by molar-refractivity contribution is -0.111. The second-order valence-electron chi connectivity index (χ2n) is 8.45. The van der Waals surface area contributed by atoms with Gasteiger partial charge >= 0.3 is 0 Å². The molecule has 2 heterocycles. The summed E-state index contributed by atoms with van der Waals surface area (Å²) < 4.78 is 15.2. The Balaban J connectivity index is 1.51. The highest BCUT2D eigenvalue weighted by Crippen LogP contribution is 2.34. The number of nitrogens with one attached hydrogen (secondary N) is 2. The molecule has 0 unspecified atom stereocenters. The maximum Gasteiger partial charge on any atom is 0.259 e. The highest BCUT2D eigenvalue weighted by molar-refractivity contribution is 6.05. The summed E-state index contributed by atoms with van der Waals surface area (Å²) in [5.74, 6) is -1.59. The van der Waals surface area contributed by atoms with E-state index in [2.05, 4.69) is 32.2 Å². The molecule has 0 atom stereocenters. The summed E-state index contributed by atoms with van der Waals surface area (Å²) in [5, 5.41) is 15.0. The average molecular weight is 515 g/mol. The van der Waals surface area contributed by atoms with Crippen molar-refractivity contribution in [2.75, 3.05) is 10.6 Å². The largest absolute Gasteiger partial charge is 0.323 e. The van der Waals surface area contributed by atoms with Gasteiger partial charge in [0.1, 0.15) is 18.0 Å². The minimum absolute atomic E-state index is 0.146. The van der Waals surface area contributed by atoms with Crippen LogP contribution >= 0.6 is 0 Å². The molecule has 2 aromatic heterocycles. The lowest BCUT2D eigenvalue weighted by Crippen LogP contribution is -2.14.